The largest absolute Gasteiger partial charge is 0.398 e. The van der Waals surface area contributed by atoms with Gasteiger partial charge in [-0.2, -0.15) is 0 Å². The monoisotopic (exact) mass is 303 g/mol. The maximum Gasteiger partial charge on any atom is 0.245 e. The first-order valence-electron chi connectivity index (χ1n) is 5.87. The summed E-state index contributed by atoms with van der Waals surface area (Å²) in [5.74, 6) is -1.27. The first-order valence-corrected chi connectivity index (χ1v) is 7.36. The molecule has 4 N–H and O–H groups in total. The van der Waals surface area contributed by atoms with Gasteiger partial charge in [0.1, 0.15) is 10.7 Å². The molecule has 0 aliphatic carbocycles. The number of carbonyl (C=O) groups is 1. The quantitative estimate of drug-likeness (QED) is 0.688. The van der Waals surface area contributed by atoms with E-state index in [1.54, 1.807) is 13.8 Å². The normalized spacial score (nSPS) is 12.2. The third-order valence-corrected chi connectivity index (χ3v) is 4.30. The second-order valence-corrected chi connectivity index (χ2v) is 6.65. The maximum absolute atomic E-state index is 13.6. The number of nitrogens with two attached hydrogens (primary N) is 1. The Hall–Kier alpha value is -1.67. The summed E-state index contributed by atoms with van der Waals surface area (Å²) in [6.07, 6.45) is 0. The minimum atomic E-state index is -4.13. The van der Waals surface area contributed by atoms with Crippen LogP contribution in [0.3, 0.4) is 0 Å². The molecule has 1 aromatic carbocycles. The molecule has 0 radical (unpaired) electrons. The SMILES string of the molecule is CNC(=O)C(C)(C)CNS(=O)(=O)c1c(N)cccc1F. The number of nitrogen functional groups attached to an aromatic ring is 1. The minimum Gasteiger partial charge on any atom is -0.398 e. The van der Waals surface area contributed by atoms with Crippen molar-refractivity contribution in [2.75, 3.05) is 19.3 Å². The summed E-state index contributed by atoms with van der Waals surface area (Å²) in [6, 6.07) is 3.62. The molecule has 1 rings (SSSR count). The standard InChI is InChI=1S/C12H18FN3O3S/c1-12(2,11(17)15-3)7-16-20(18,19)10-8(13)5-4-6-9(10)14/h4-6,16H,7,14H2,1-3H3,(H,15,17). The molecule has 0 fully saturated rings. The van der Waals surface area contributed by atoms with Crippen molar-refractivity contribution >= 4 is 21.6 Å². The lowest BCUT2D eigenvalue weighted by Crippen LogP contribution is -2.43. The molecule has 0 saturated carbocycles. The van der Waals surface area contributed by atoms with E-state index in [1.165, 1.54) is 19.2 Å². The van der Waals surface area contributed by atoms with Crippen molar-refractivity contribution in [2.24, 2.45) is 5.41 Å². The minimum absolute atomic E-state index is 0.178. The molecule has 0 spiro atoms. The van der Waals surface area contributed by atoms with Crippen LogP contribution in [0, 0.1) is 11.2 Å². The van der Waals surface area contributed by atoms with Crippen LogP contribution in [-0.4, -0.2) is 27.9 Å². The van der Waals surface area contributed by atoms with E-state index in [4.69, 9.17) is 5.73 Å². The van der Waals surface area contributed by atoms with Gasteiger partial charge in [-0.25, -0.2) is 17.5 Å². The molecular formula is C12H18FN3O3S. The fourth-order valence-corrected chi connectivity index (χ4v) is 2.97. The number of carbonyl (C=O) groups excluding carboxylic acids is 1. The number of hydrogen-bond donors (Lipinski definition) is 3. The second kappa shape index (κ2) is 5.76. The van der Waals surface area contributed by atoms with Gasteiger partial charge in [-0.1, -0.05) is 6.07 Å². The van der Waals surface area contributed by atoms with Gasteiger partial charge in [0.05, 0.1) is 11.1 Å². The Morgan fingerprint density at radius 3 is 2.50 bits per heavy atom. The van der Waals surface area contributed by atoms with Crippen molar-refractivity contribution < 1.29 is 17.6 Å². The average Bonchev–Trinajstić information content (AvgIpc) is 2.35. The van der Waals surface area contributed by atoms with Crippen LogP contribution >= 0.6 is 0 Å². The molecule has 112 valence electrons. The van der Waals surface area contributed by atoms with E-state index in [0.29, 0.717) is 0 Å². The Kier molecular flexibility index (Phi) is 4.72. The zero-order valence-corrected chi connectivity index (χ0v) is 12.3. The topological polar surface area (TPSA) is 101 Å². The molecule has 0 atom stereocenters. The number of rotatable bonds is 5. The Morgan fingerprint density at radius 2 is 2.00 bits per heavy atom. The highest BCUT2D eigenvalue weighted by Gasteiger charge is 2.30. The Bertz CT molecular complexity index is 594. The van der Waals surface area contributed by atoms with E-state index in [9.17, 15) is 17.6 Å². The van der Waals surface area contributed by atoms with Crippen LogP contribution in [0.25, 0.3) is 0 Å². The molecular weight excluding hydrogens is 285 g/mol. The molecule has 1 amide bonds. The molecule has 0 saturated heterocycles. The lowest BCUT2D eigenvalue weighted by Gasteiger charge is -2.23. The summed E-state index contributed by atoms with van der Waals surface area (Å²) in [5.41, 5.74) is 4.34. The number of benzene rings is 1. The van der Waals surface area contributed by atoms with Crippen molar-refractivity contribution in [2.45, 2.75) is 18.7 Å². The van der Waals surface area contributed by atoms with Gasteiger partial charge in [0.15, 0.2) is 0 Å². The zero-order chi connectivity index (χ0) is 15.6. The highest BCUT2D eigenvalue weighted by molar-refractivity contribution is 7.89. The molecule has 0 aliphatic heterocycles. The summed E-state index contributed by atoms with van der Waals surface area (Å²) in [5, 5.41) is 2.43. The van der Waals surface area contributed by atoms with E-state index in [1.807, 2.05) is 0 Å². The smallest absolute Gasteiger partial charge is 0.245 e. The van der Waals surface area contributed by atoms with Crippen molar-refractivity contribution in [3.63, 3.8) is 0 Å². The molecule has 1 aromatic rings. The first kappa shape index (κ1) is 16.4. The summed E-state index contributed by atoms with van der Waals surface area (Å²) in [4.78, 5) is 11.0. The molecule has 0 aromatic heterocycles. The third kappa shape index (κ3) is 3.45. The molecule has 20 heavy (non-hydrogen) atoms. The van der Waals surface area contributed by atoms with Gasteiger partial charge in [-0.3, -0.25) is 4.79 Å². The van der Waals surface area contributed by atoms with Gasteiger partial charge in [0.2, 0.25) is 15.9 Å². The number of sulfonamides is 1. The Morgan fingerprint density at radius 1 is 1.40 bits per heavy atom. The summed E-state index contributed by atoms with van der Waals surface area (Å²) in [7, 11) is -2.67. The molecule has 0 heterocycles. The maximum atomic E-state index is 13.6. The van der Waals surface area contributed by atoms with Crippen LogP contribution in [0.4, 0.5) is 10.1 Å². The fourth-order valence-electron chi connectivity index (χ4n) is 1.58. The predicted octanol–water partition coefficient (Wildman–Crippen LogP) is 0.458. The summed E-state index contributed by atoms with van der Waals surface area (Å²) >= 11 is 0. The summed E-state index contributed by atoms with van der Waals surface area (Å²) in [6.45, 7) is 2.96. The van der Waals surface area contributed by atoms with Crippen LogP contribution in [0.1, 0.15) is 13.8 Å². The van der Waals surface area contributed by atoms with Gasteiger partial charge in [0.25, 0.3) is 0 Å². The molecule has 0 bridgehead atoms. The van der Waals surface area contributed by atoms with Crippen LogP contribution in [-0.2, 0) is 14.8 Å². The summed E-state index contributed by atoms with van der Waals surface area (Å²) < 4.78 is 40.0. The number of halogens is 1. The average molecular weight is 303 g/mol. The van der Waals surface area contributed by atoms with Crippen LogP contribution in [0.15, 0.2) is 23.1 Å². The van der Waals surface area contributed by atoms with Gasteiger partial charge >= 0.3 is 0 Å². The van der Waals surface area contributed by atoms with E-state index in [0.717, 1.165) is 6.07 Å². The fraction of sp³-hybridized carbons (Fsp3) is 0.417. The van der Waals surface area contributed by atoms with Gasteiger partial charge in [0, 0.05) is 13.6 Å². The van der Waals surface area contributed by atoms with E-state index < -0.39 is 26.2 Å². The van der Waals surface area contributed by atoms with E-state index >= 15 is 0 Å². The second-order valence-electron chi connectivity index (χ2n) is 4.95. The number of anilines is 1. The number of amides is 1. The first-order chi connectivity index (χ1) is 9.12. The van der Waals surface area contributed by atoms with E-state index in [-0.39, 0.29) is 18.1 Å². The molecule has 8 heteroatoms. The number of nitrogens with one attached hydrogen (secondary N) is 2. The van der Waals surface area contributed by atoms with Crippen molar-refractivity contribution in [1.29, 1.82) is 0 Å². The Balaban J connectivity index is 3.00. The third-order valence-electron chi connectivity index (χ3n) is 2.81. The molecule has 0 aliphatic rings. The van der Waals surface area contributed by atoms with Gasteiger partial charge in [-0.15, -0.1) is 0 Å². The lowest BCUT2D eigenvalue weighted by molar-refractivity contribution is -0.128. The highest BCUT2D eigenvalue weighted by atomic mass is 32.2. The van der Waals surface area contributed by atoms with Crippen LogP contribution in [0.2, 0.25) is 0 Å². The van der Waals surface area contributed by atoms with Gasteiger partial charge < -0.3 is 11.1 Å². The van der Waals surface area contributed by atoms with Gasteiger partial charge in [-0.05, 0) is 26.0 Å². The highest BCUT2D eigenvalue weighted by Crippen LogP contribution is 2.22. The lowest BCUT2D eigenvalue weighted by atomic mass is 9.93. The van der Waals surface area contributed by atoms with Crippen molar-refractivity contribution in [3.8, 4) is 0 Å². The van der Waals surface area contributed by atoms with E-state index in [2.05, 4.69) is 10.0 Å². The van der Waals surface area contributed by atoms with Crippen molar-refractivity contribution in [1.82, 2.24) is 10.0 Å². The van der Waals surface area contributed by atoms with Crippen LogP contribution < -0.4 is 15.8 Å². The van der Waals surface area contributed by atoms with Crippen LogP contribution in [0.5, 0.6) is 0 Å². The van der Waals surface area contributed by atoms with Crippen molar-refractivity contribution in [3.05, 3.63) is 24.0 Å². The Labute approximate surface area is 117 Å². The predicted molar refractivity (Wildman–Crippen MR) is 73.8 cm³/mol. The molecule has 0 unspecified atom stereocenters. The molecule has 6 nitrogen and oxygen atoms in total. The zero-order valence-electron chi connectivity index (χ0n) is 11.5. The number of hydrogen-bond acceptors (Lipinski definition) is 4.